The van der Waals surface area contributed by atoms with Crippen molar-refractivity contribution in [1.29, 1.82) is 0 Å². The molecular weight excluding hydrogens is 803 g/mol. The average Bonchev–Trinajstić information content (AvgIpc) is 3.29. The van der Waals surface area contributed by atoms with Crippen molar-refractivity contribution in [3.8, 4) is 0 Å². The highest BCUT2D eigenvalue weighted by atomic mass is 16.7. The van der Waals surface area contributed by atoms with Crippen LogP contribution in [0, 0.1) is 0 Å². The van der Waals surface area contributed by atoms with Crippen LogP contribution in [0.1, 0.15) is 162 Å². The van der Waals surface area contributed by atoms with Crippen molar-refractivity contribution in [3.05, 3.63) is 122 Å². The number of hydrogen-bond acceptors (Lipinski definition) is 8. The Morgan fingerprint density at radius 1 is 0.547 bits per heavy atom. The highest BCUT2D eigenvalue weighted by Crippen LogP contribution is 2.22. The number of rotatable bonds is 39. The third-order valence-corrected chi connectivity index (χ3v) is 10.8. The van der Waals surface area contributed by atoms with Gasteiger partial charge in [0, 0.05) is 6.42 Å². The number of carbonyl (C=O) groups is 1. The Kier molecular flexibility index (Phi) is 39.8. The molecule has 0 aromatic carbocycles. The summed E-state index contributed by atoms with van der Waals surface area (Å²) in [7, 11) is 0. The smallest absolute Gasteiger partial charge is 0.220 e. The van der Waals surface area contributed by atoms with Crippen LogP contribution < -0.4 is 5.32 Å². The van der Waals surface area contributed by atoms with Crippen LogP contribution >= 0.6 is 0 Å². The highest BCUT2D eigenvalue weighted by Gasteiger charge is 2.44. The number of aliphatic hydroxyl groups excluding tert-OH is 5. The third-order valence-electron chi connectivity index (χ3n) is 10.8. The first kappa shape index (κ1) is 58.6. The third kappa shape index (κ3) is 33.1. The van der Waals surface area contributed by atoms with Crippen LogP contribution in [-0.4, -0.2) is 87.5 Å². The molecule has 7 unspecified atom stereocenters. The highest BCUT2D eigenvalue weighted by molar-refractivity contribution is 5.76. The molecule has 0 aliphatic carbocycles. The van der Waals surface area contributed by atoms with Gasteiger partial charge in [0.05, 0.1) is 25.4 Å². The first-order valence-corrected chi connectivity index (χ1v) is 24.8. The molecule has 0 saturated carbocycles. The normalized spacial score (nSPS) is 21.1. The van der Waals surface area contributed by atoms with E-state index in [2.05, 4.69) is 129 Å². The average molecular weight is 892 g/mol. The lowest BCUT2D eigenvalue weighted by Crippen LogP contribution is -2.60. The standard InChI is InChI=1S/C55H89NO8/c1-3-5-7-9-11-13-15-16-17-18-19-20-21-22-23-24-25-26-27-28-29-30-31-32-33-34-35-37-39-41-43-45-51(59)56-48(47-63-55-54(62)53(61)52(60)50(46-57)64-55)49(58)44-42-40-38-36-14-12-10-8-6-4-2/h5,7,11,13-14,16-17,19-20,22-23,25-26,28-29,31-32,36,42,44,48-50,52-55,57-58,60-62H,3-4,6,8-10,12,15,18,21,24,27,30,33-35,37-41,43,45-47H2,1-2H3,(H,56,59)/b7-5-,13-11-,17-16-,20-19-,23-22-,26-25-,29-28-,32-31-,36-14+,44-42+. The summed E-state index contributed by atoms with van der Waals surface area (Å²) in [4.78, 5) is 13.0. The van der Waals surface area contributed by atoms with E-state index < -0.39 is 49.5 Å². The molecule has 1 amide bonds. The molecule has 0 spiro atoms. The molecule has 0 bridgehead atoms. The Morgan fingerprint density at radius 3 is 1.50 bits per heavy atom. The van der Waals surface area contributed by atoms with E-state index in [1.54, 1.807) is 6.08 Å². The van der Waals surface area contributed by atoms with E-state index in [1.165, 1.54) is 25.7 Å². The van der Waals surface area contributed by atoms with Gasteiger partial charge >= 0.3 is 0 Å². The van der Waals surface area contributed by atoms with Crippen molar-refractivity contribution in [3.63, 3.8) is 0 Å². The van der Waals surface area contributed by atoms with Crippen molar-refractivity contribution in [2.75, 3.05) is 13.2 Å². The first-order chi connectivity index (χ1) is 31.3. The lowest BCUT2D eigenvalue weighted by molar-refractivity contribution is -0.302. The zero-order valence-electron chi connectivity index (χ0n) is 39.7. The van der Waals surface area contributed by atoms with E-state index in [9.17, 15) is 30.3 Å². The number of amides is 1. The van der Waals surface area contributed by atoms with Crippen molar-refractivity contribution in [1.82, 2.24) is 5.32 Å². The number of carbonyl (C=O) groups excluding carboxylic acids is 1. The van der Waals surface area contributed by atoms with Gasteiger partial charge in [0.15, 0.2) is 6.29 Å². The molecule has 64 heavy (non-hydrogen) atoms. The van der Waals surface area contributed by atoms with E-state index in [-0.39, 0.29) is 12.5 Å². The predicted octanol–water partition coefficient (Wildman–Crippen LogP) is 11.2. The molecule has 1 heterocycles. The summed E-state index contributed by atoms with van der Waals surface area (Å²) in [5.74, 6) is -0.211. The van der Waals surface area contributed by atoms with Gasteiger partial charge in [-0.05, 0) is 96.3 Å². The molecule has 0 radical (unpaired) electrons. The fraction of sp³-hybridized carbons (Fsp3) is 0.618. The van der Waals surface area contributed by atoms with Crippen LogP contribution in [-0.2, 0) is 14.3 Å². The van der Waals surface area contributed by atoms with E-state index in [4.69, 9.17) is 9.47 Å². The Morgan fingerprint density at radius 2 is 0.984 bits per heavy atom. The molecule has 9 nitrogen and oxygen atoms in total. The minimum Gasteiger partial charge on any atom is -0.394 e. The summed E-state index contributed by atoms with van der Waals surface area (Å²) in [6.45, 7) is 3.56. The van der Waals surface area contributed by atoms with E-state index in [0.29, 0.717) is 6.42 Å². The molecule has 1 saturated heterocycles. The number of unbranched alkanes of at least 4 members (excludes halogenated alkanes) is 11. The van der Waals surface area contributed by atoms with Crippen molar-refractivity contribution in [2.45, 2.75) is 204 Å². The predicted molar refractivity (Wildman–Crippen MR) is 267 cm³/mol. The van der Waals surface area contributed by atoms with E-state index >= 15 is 0 Å². The molecule has 0 aromatic rings. The molecule has 0 aromatic heterocycles. The largest absolute Gasteiger partial charge is 0.394 e. The fourth-order valence-electron chi connectivity index (χ4n) is 6.83. The van der Waals surface area contributed by atoms with Crippen LogP contribution in [0.25, 0.3) is 0 Å². The van der Waals surface area contributed by atoms with Gasteiger partial charge in [-0.1, -0.05) is 180 Å². The summed E-state index contributed by atoms with van der Waals surface area (Å²) < 4.78 is 11.2. The summed E-state index contributed by atoms with van der Waals surface area (Å²) in [6.07, 6.45) is 58.3. The minimum atomic E-state index is -1.58. The fourth-order valence-corrected chi connectivity index (χ4v) is 6.83. The molecule has 9 heteroatoms. The van der Waals surface area contributed by atoms with Crippen molar-refractivity contribution < 1.29 is 39.8 Å². The van der Waals surface area contributed by atoms with Gasteiger partial charge < -0.3 is 40.3 Å². The minimum absolute atomic E-state index is 0.211. The second-order valence-electron chi connectivity index (χ2n) is 16.5. The van der Waals surface area contributed by atoms with Crippen molar-refractivity contribution in [2.24, 2.45) is 0 Å². The molecule has 6 N–H and O–H groups in total. The van der Waals surface area contributed by atoms with Crippen LogP contribution in [0.2, 0.25) is 0 Å². The summed E-state index contributed by atoms with van der Waals surface area (Å²) in [5, 5.41) is 54.1. The summed E-state index contributed by atoms with van der Waals surface area (Å²) in [5.41, 5.74) is 0. The monoisotopic (exact) mass is 892 g/mol. The number of nitrogens with one attached hydrogen (secondary N) is 1. The van der Waals surface area contributed by atoms with Gasteiger partial charge in [-0.2, -0.15) is 0 Å². The Hall–Kier alpha value is -3.41. The first-order valence-electron chi connectivity index (χ1n) is 24.8. The number of hydrogen-bond donors (Lipinski definition) is 6. The molecule has 362 valence electrons. The number of aliphatic hydroxyl groups is 5. The summed E-state index contributed by atoms with van der Waals surface area (Å²) in [6, 6.07) is -0.837. The number of allylic oxidation sites excluding steroid dienone is 19. The van der Waals surface area contributed by atoms with Crippen LogP contribution in [0.3, 0.4) is 0 Å². The van der Waals surface area contributed by atoms with Crippen molar-refractivity contribution >= 4 is 5.91 Å². The zero-order chi connectivity index (χ0) is 46.6. The van der Waals surface area contributed by atoms with Gasteiger partial charge in [0.1, 0.15) is 24.4 Å². The maximum Gasteiger partial charge on any atom is 0.220 e. The Labute approximate surface area is 388 Å². The molecular formula is C55H89NO8. The molecule has 7 atom stereocenters. The SMILES string of the molecule is CC/C=C\C/C=C\C/C=C\C/C=C\C/C=C\C/C=C\C/C=C\C/C=C\CCCCCCCCC(=O)NC(COC1OC(CO)C(O)C(O)C1O)C(O)/C=C/CC/C=C/CCCCCC. The Balaban J connectivity index is 2.25. The van der Waals surface area contributed by atoms with E-state index in [1.807, 2.05) is 6.08 Å². The number of ether oxygens (including phenoxy) is 2. The summed E-state index contributed by atoms with van der Waals surface area (Å²) >= 11 is 0. The van der Waals surface area contributed by atoms with Gasteiger partial charge in [0.2, 0.25) is 5.91 Å². The second kappa shape index (κ2) is 43.5. The van der Waals surface area contributed by atoms with Gasteiger partial charge in [0.25, 0.3) is 0 Å². The van der Waals surface area contributed by atoms with Crippen LogP contribution in [0.4, 0.5) is 0 Å². The molecule has 1 aliphatic rings. The lowest BCUT2D eigenvalue weighted by Gasteiger charge is -2.40. The van der Waals surface area contributed by atoms with Gasteiger partial charge in [-0.15, -0.1) is 0 Å². The quantitative estimate of drug-likeness (QED) is 0.0264. The molecule has 1 fully saturated rings. The van der Waals surface area contributed by atoms with Crippen LogP contribution in [0.15, 0.2) is 122 Å². The molecule has 1 aliphatic heterocycles. The van der Waals surface area contributed by atoms with E-state index in [0.717, 1.165) is 116 Å². The lowest BCUT2D eigenvalue weighted by atomic mass is 9.99. The zero-order valence-corrected chi connectivity index (χ0v) is 39.7. The second-order valence-corrected chi connectivity index (χ2v) is 16.5. The topological polar surface area (TPSA) is 149 Å². The molecule has 1 rings (SSSR count). The van der Waals surface area contributed by atoms with Crippen LogP contribution in [0.5, 0.6) is 0 Å². The maximum absolute atomic E-state index is 13.0. The van der Waals surface area contributed by atoms with Gasteiger partial charge in [-0.25, -0.2) is 0 Å². The van der Waals surface area contributed by atoms with Gasteiger partial charge in [-0.3, -0.25) is 4.79 Å². The Bertz CT molecular complexity index is 1410. The maximum atomic E-state index is 13.0.